The van der Waals surface area contributed by atoms with Crippen molar-refractivity contribution in [1.82, 2.24) is 4.98 Å². The van der Waals surface area contributed by atoms with Gasteiger partial charge in [0.15, 0.2) is 3.70 Å². The summed E-state index contributed by atoms with van der Waals surface area (Å²) in [5.41, 5.74) is 3.32. The minimum Gasteiger partial charge on any atom is -0.397 e. The number of alkyl halides is 2. The van der Waals surface area contributed by atoms with Crippen molar-refractivity contribution >= 4 is 34.0 Å². The lowest BCUT2D eigenvalue weighted by Crippen LogP contribution is -2.05. The third kappa shape index (κ3) is 1.89. The molecular weight excluding hydrogens is 311 g/mol. The average Bonchev–Trinajstić information content (AvgIpc) is 2.07. The smallest absolute Gasteiger partial charge is 0.312 e. The molecule has 0 fully saturated rings. The Morgan fingerprint density at radius 2 is 2.21 bits per heavy atom. The molecule has 0 spiro atoms. The third-order valence-electron chi connectivity index (χ3n) is 1.48. The molecule has 0 atom stereocenters. The zero-order chi connectivity index (χ0) is 10.9. The summed E-state index contributed by atoms with van der Waals surface area (Å²) in [7, 11) is 0. The van der Waals surface area contributed by atoms with E-state index in [-0.39, 0.29) is 9.39 Å². The molecule has 0 aliphatic heterocycles. The highest BCUT2D eigenvalue weighted by molar-refractivity contribution is 14.1. The van der Waals surface area contributed by atoms with E-state index in [1.807, 2.05) is 0 Å². The van der Waals surface area contributed by atoms with Crippen molar-refractivity contribution in [3.63, 3.8) is 0 Å². The summed E-state index contributed by atoms with van der Waals surface area (Å²) < 4.78 is 24.7. The van der Waals surface area contributed by atoms with Gasteiger partial charge >= 0.3 is 5.69 Å². The summed E-state index contributed by atoms with van der Waals surface area (Å²) in [6, 6.07) is 0. The SMILES string of the molecule is Nc1cnc(I)c([N+](=O)[O-])c1C(F)F. The molecule has 0 bridgehead atoms. The Hall–Kier alpha value is -1.06. The first kappa shape index (κ1) is 11.0. The van der Waals surface area contributed by atoms with Crippen LogP contribution in [0, 0.1) is 13.8 Å². The molecule has 0 aromatic carbocycles. The van der Waals surface area contributed by atoms with Gasteiger partial charge in [-0.3, -0.25) is 10.1 Å². The van der Waals surface area contributed by atoms with Gasteiger partial charge in [-0.25, -0.2) is 13.8 Å². The second-order valence-corrected chi connectivity index (χ2v) is 3.35. The molecule has 0 saturated carbocycles. The largest absolute Gasteiger partial charge is 0.397 e. The molecule has 14 heavy (non-hydrogen) atoms. The molecule has 0 amide bonds. The van der Waals surface area contributed by atoms with Gasteiger partial charge in [0.05, 0.1) is 16.8 Å². The Morgan fingerprint density at radius 3 is 2.57 bits per heavy atom. The van der Waals surface area contributed by atoms with E-state index in [0.717, 1.165) is 6.20 Å². The van der Waals surface area contributed by atoms with Crippen LogP contribution in [0.3, 0.4) is 0 Å². The average molecular weight is 315 g/mol. The van der Waals surface area contributed by atoms with Crippen LogP contribution in [0.2, 0.25) is 0 Å². The minimum atomic E-state index is -2.98. The van der Waals surface area contributed by atoms with E-state index < -0.39 is 22.6 Å². The van der Waals surface area contributed by atoms with E-state index in [4.69, 9.17) is 5.73 Å². The van der Waals surface area contributed by atoms with E-state index in [2.05, 4.69) is 4.98 Å². The van der Waals surface area contributed by atoms with Gasteiger partial charge in [0.2, 0.25) is 0 Å². The van der Waals surface area contributed by atoms with Crippen molar-refractivity contribution in [2.75, 3.05) is 5.73 Å². The van der Waals surface area contributed by atoms with E-state index >= 15 is 0 Å². The first-order valence-corrected chi connectivity index (χ1v) is 4.39. The normalized spacial score (nSPS) is 10.6. The molecule has 2 N–H and O–H groups in total. The fraction of sp³-hybridized carbons (Fsp3) is 0.167. The number of anilines is 1. The lowest BCUT2D eigenvalue weighted by molar-refractivity contribution is -0.387. The number of pyridine rings is 1. The Labute approximate surface area is 90.6 Å². The van der Waals surface area contributed by atoms with Crippen LogP contribution in [0.5, 0.6) is 0 Å². The summed E-state index contributed by atoms with van der Waals surface area (Å²) in [5.74, 6) is 0. The molecule has 8 heteroatoms. The summed E-state index contributed by atoms with van der Waals surface area (Å²) in [4.78, 5) is 13.1. The standard InChI is InChI=1S/C6H4F2IN3O2/c7-5(8)3-2(10)1-11-6(9)4(3)12(13)14/h1,5H,10H2. The molecule has 1 heterocycles. The van der Waals surface area contributed by atoms with Crippen LogP contribution in [0.15, 0.2) is 6.20 Å². The van der Waals surface area contributed by atoms with Crippen molar-refractivity contribution in [3.8, 4) is 0 Å². The molecule has 76 valence electrons. The molecule has 0 unspecified atom stereocenters. The maximum Gasteiger partial charge on any atom is 0.312 e. The molecule has 1 rings (SSSR count). The number of nitro groups is 1. The Kier molecular flexibility index (Phi) is 3.13. The summed E-state index contributed by atoms with van der Waals surface area (Å²) in [5, 5.41) is 10.5. The maximum atomic E-state index is 12.4. The first-order valence-electron chi connectivity index (χ1n) is 3.31. The van der Waals surface area contributed by atoms with Crippen molar-refractivity contribution in [1.29, 1.82) is 0 Å². The van der Waals surface area contributed by atoms with E-state index in [1.165, 1.54) is 22.6 Å². The van der Waals surface area contributed by atoms with Crippen molar-refractivity contribution in [2.24, 2.45) is 0 Å². The molecular formula is C6H4F2IN3O2. The van der Waals surface area contributed by atoms with Crippen LogP contribution in [0.1, 0.15) is 12.0 Å². The van der Waals surface area contributed by atoms with Crippen LogP contribution in [0.25, 0.3) is 0 Å². The van der Waals surface area contributed by atoms with Gasteiger partial charge in [0, 0.05) is 0 Å². The lowest BCUT2D eigenvalue weighted by atomic mass is 10.2. The summed E-state index contributed by atoms with van der Waals surface area (Å²) >= 11 is 1.51. The first-order chi connectivity index (χ1) is 6.45. The van der Waals surface area contributed by atoms with E-state index in [0.29, 0.717) is 0 Å². The highest BCUT2D eigenvalue weighted by Gasteiger charge is 2.28. The van der Waals surface area contributed by atoms with Gasteiger partial charge in [-0.05, 0) is 22.6 Å². The number of hydrogen-bond acceptors (Lipinski definition) is 4. The second kappa shape index (κ2) is 3.98. The number of nitrogen functional groups attached to an aromatic ring is 1. The number of rotatable bonds is 2. The van der Waals surface area contributed by atoms with E-state index in [1.54, 1.807) is 0 Å². The van der Waals surface area contributed by atoms with Gasteiger partial charge in [-0.2, -0.15) is 0 Å². The zero-order valence-electron chi connectivity index (χ0n) is 6.58. The topological polar surface area (TPSA) is 82.0 Å². The predicted molar refractivity (Wildman–Crippen MR) is 53.0 cm³/mol. The molecule has 0 saturated heterocycles. The van der Waals surface area contributed by atoms with Crippen molar-refractivity contribution < 1.29 is 13.7 Å². The Morgan fingerprint density at radius 1 is 1.64 bits per heavy atom. The number of aromatic nitrogens is 1. The summed E-state index contributed by atoms with van der Waals surface area (Å²) in [6.45, 7) is 0. The fourth-order valence-electron chi connectivity index (χ4n) is 0.908. The molecule has 0 radical (unpaired) electrons. The predicted octanol–water partition coefficient (Wildman–Crippen LogP) is 2.11. The van der Waals surface area contributed by atoms with Crippen LogP contribution in [-0.4, -0.2) is 9.91 Å². The van der Waals surface area contributed by atoms with Crippen LogP contribution in [0.4, 0.5) is 20.2 Å². The molecule has 1 aromatic heterocycles. The minimum absolute atomic E-state index is 0.0999. The number of halogens is 3. The van der Waals surface area contributed by atoms with Crippen LogP contribution < -0.4 is 5.73 Å². The van der Waals surface area contributed by atoms with E-state index in [9.17, 15) is 18.9 Å². The van der Waals surface area contributed by atoms with Crippen LogP contribution >= 0.6 is 22.6 Å². The molecule has 5 nitrogen and oxygen atoms in total. The van der Waals surface area contributed by atoms with Gasteiger partial charge in [0.1, 0.15) is 5.56 Å². The molecule has 0 aliphatic rings. The molecule has 1 aromatic rings. The fourth-order valence-corrected chi connectivity index (χ4v) is 1.53. The number of hydrogen-bond donors (Lipinski definition) is 1. The summed E-state index contributed by atoms with van der Waals surface area (Å²) in [6.07, 6.45) is -2.00. The Bertz CT molecular complexity index is 386. The van der Waals surface area contributed by atoms with Crippen molar-refractivity contribution in [2.45, 2.75) is 6.43 Å². The quantitative estimate of drug-likeness (QED) is 0.392. The van der Waals surface area contributed by atoms with Gasteiger partial charge < -0.3 is 5.73 Å². The Balaban J connectivity index is 3.50. The second-order valence-electron chi connectivity index (χ2n) is 2.32. The number of nitrogens with two attached hydrogens (primary N) is 1. The van der Waals surface area contributed by atoms with Crippen molar-refractivity contribution in [3.05, 3.63) is 25.6 Å². The van der Waals surface area contributed by atoms with Gasteiger partial charge in [0.25, 0.3) is 6.43 Å². The monoisotopic (exact) mass is 315 g/mol. The maximum absolute atomic E-state index is 12.4. The third-order valence-corrected chi connectivity index (χ3v) is 2.27. The lowest BCUT2D eigenvalue weighted by Gasteiger charge is -2.05. The molecule has 0 aliphatic carbocycles. The highest BCUT2D eigenvalue weighted by atomic mass is 127. The van der Waals surface area contributed by atoms with Crippen LogP contribution in [-0.2, 0) is 0 Å². The van der Waals surface area contributed by atoms with Gasteiger partial charge in [-0.1, -0.05) is 0 Å². The highest BCUT2D eigenvalue weighted by Crippen LogP contribution is 2.35. The van der Waals surface area contributed by atoms with Gasteiger partial charge in [-0.15, -0.1) is 0 Å². The number of nitrogens with zero attached hydrogens (tertiary/aromatic N) is 2. The zero-order valence-corrected chi connectivity index (χ0v) is 8.73.